The Kier molecular flexibility index (Phi) is 3.24. The maximum Gasteiger partial charge on any atom is 0.154 e. The summed E-state index contributed by atoms with van der Waals surface area (Å²) in [5, 5.41) is 13.0. The Hall–Kier alpha value is -2.20. The van der Waals surface area contributed by atoms with Crippen LogP contribution in [0.4, 0.5) is 0 Å². The van der Waals surface area contributed by atoms with Crippen LogP contribution in [0.5, 0.6) is 0 Å². The first-order chi connectivity index (χ1) is 9.68. The van der Waals surface area contributed by atoms with E-state index in [1.807, 2.05) is 54.9 Å². The minimum Gasteiger partial charge on any atom is -0.231 e. The third-order valence-electron chi connectivity index (χ3n) is 3.35. The normalized spacial score (nSPS) is 10.8. The molecule has 5 heteroatoms. The number of rotatable bonds is 2. The summed E-state index contributed by atoms with van der Waals surface area (Å²) in [6, 6.07) is 11.9. The minimum atomic E-state index is 0.442. The third kappa shape index (κ3) is 2.08. The van der Waals surface area contributed by atoms with Crippen molar-refractivity contribution in [3.8, 4) is 17.1 Å². The highest BCUT2D eigenvalue weighted by Crippen LogP contribution is 2.27. The van der Waals surface area contributed by atoms with Crippen molar-refractivity contribution in [1.29, 1.82) is 0 Å². The van der Waals surface area contributed by atoms with Gasteiger partial charge in [-0.2, -0.15) is 5.10 Å². The van der Waals surface area contributed by atoms with Crippen molar-refractivity contribution in [2.45, 2.75) is 13.8 Å². The van der Waals surface area contributed by atoms with Crippen LogP contribution in [0.3, 0.4) is 0 Å². The molecule has 2 aromatic heterocycles. The van der Waals surface area contributed by atoms with Gasteiger partial charge in [-0.05, 0) is 43.2 Å². The average Bonchev–Trinajstić information content (AvgIpc) is 2.95. The van der Waals surface area contributed by atoms with Crippen LogP contribution in [-0.4, -0.2) is 20.0 Å². The molecule has 0 spiro atoms. The number of nitrogens with zero attached hydrogens (tertiary/aromatic N) is 4. The number of hydrogen-bond acceptors (Lipinski definition) is 3. The first kappa shape index (κ1) is 12.8. The molecular formula is C15H13ClN4. The van der Waals surface area contributed by atoms with E-state index in [0.29, 0.717) is 5.15 Å². The van der Waals surface area contributed by atoms with Gasteiger partial charge in [-0.25, -0.2) is 4.68 Å². The van der Waals surface area contributed by atoms with E-state index in [4.69, 9.17) is 11.6 Å². The highest BCUT2D eigenvalue weighted by Gasteiger charge is 2.14. The molecule has 1 aromatic carbocycles. The molecule has 100 valence electrons. The van der Waals surface area contributed by atoms with E-state index in [-0.39, 0.29) is 0 Å². The van der Waals surface area contributed by atoms with Crippen molar-refractivity contribution >= 4 is 11.6 Å². The molecule has 4 nitrogen and oxygen atoms in total. The van der Waals surface area contributed by atoms with Crippen LogP contribution in [0.1, 0.15) is 11.1 Å². The molecule has 20 heavy (non-hydrogen) atoms. The topological polar surface area (TPSA) is 43.6 Å². The van der Waals surface area contributed by atoms with Crippen molar-refractivity contribution < 1.29 is 0 Å². The van der Waals surface area contributed by atoms with Gasteiger partial charge in [0.25, 0.3) is 0 Å². The van der Waals surface area contributed by atoms with Crippen LogP contribution in [0.2, 0.25) is 5.15 Å². The van der Waals surface area contributed by atoms with Gasteiger partial charge in [-0.1, -0.05) is 29.8 Å². The highest BCUT2D eigenvalue weighted by molar-refractivity contribution is 6.30. The predicted octanol–water partition coefficient (Wildman–Crippen LogP) is 3.60. The molecule has 2 heterocycles. The molecule has 0 amide bonds. The quantitative estimate of drug-likeness (QED) is 0.722. The summed E-state index contributed by atoms with van der Waals surface area (Å²) in [6.07, 6.45) is 1.76. The van der Waals surface area contributed by atoms with Gasteiger partial charge in [0.15, 0.2) is 5.15 Å². The minimum absolute atomic E-state index is 0.442. The number of aromatic nitrogens is 4. The molecule has 3 rings (SSSR count). The second-order valence-electron chi connectivity index (χ2n) is 4.55. The Bertz CT molecular complexity index is 750. The number of benzene rings is 1. The fourth-order valence-electron chi connectivity index (χ4n) is 2.08. The molecule has 0 saturated heterocycles. The molecule has 0 bridgehead atoms. The van der Waals surface area contributed by atoms with Gasteiger partial charge in [0.2, 0.25) is 0 Å². The lowest BCUT2D eigenvalue weighted by Crippen LogP contribution is -2.03. The van der Waals surface area contributed by atoms with Gasteiger partial charge in [-0.15, -0.1) is 10.2 Å². The van der Waals surface area contributed by atoms with E-state index in [1.165, 1.54) is 0 Å². The zero-order valence-electron chi connectivity index (χ0n) is 11.2. The summed E-state index contributed by atoms with van der Waals surface area (Å²) >= 11 is 6.01. The molecule has 3 aromatic rings. The molecule has 0 aliphatic rings. The summed E-state index contributed by atoms with van der Waals surface area (Å²) in [7, 11) is 0. The van der Waals surface area contributed by atoms with Crippen molar-refractivity contribution in [3.05, 3.63) is 58.9 Å². The fourth-order valence-corrected chi connectivity index (χ4v) is 2.26. The second-order valence-corrected chi connectivity index (χ2v) is 4.91. The van der Waals surface area contributed by atoms with Crippen molar-refractivity contribution in [2.24, 2.45) is 0 Å². The lowest BCUT2D eigenvalue weighted by Gasteiger charge is -2.10. The van der Waals surface area contributed by atoms with Gasteiger partial charge in [0.1, 0.15) is 5.69 Å². The Labute approximate surface area is 122 Å². The monoisotopic (exact) mass is 284 g/mol. The molecule has 0 saturated carbocycles. The fraction of sp³-hybridized carbons (Fsp3) is 0.133. The number of hydrogen-bond donors (Lipinski definition) is 0. The second kappa shape index (κ2) is 5.06. The van der Waals surface area contributed by atoms with Crippen LogP contribution in [-0.2, 0) is 0 Å². The first-order valence-corrected chi connectivity index (χ1v) is 6.65. The Morgan fingerprint density at radius 3 is 2.45 bits per heavy atom. The Morgan fingerprint density at radius 2 is 1.70 bits per heavy atom. The molecule has 0 aliphatic carbocycles. The van der Waals surface area contributed by atoms with E-state index in [9.17, 15) is 0 Å². The van der Waals surface area contributed by atoms with E-state index in [2.05, 4.69) is 15.3 Å². The van der Waals surface area contributed by atoms with E-state index < -0.39 is 0 Å². The molecule has 0 unspecified atom stereocenters. The van der Waals surface area contributed by atoms with Gasteiger partial charge >= 0.3 is 0 Å². The Balaban J connectivity index is 2.18. The van der Waals surface area contributed by atoms with E-state index >= 15 is 0 Å². The first-order valence-electron chi connectivity index (χ1n) is 6.27. The maximum atomic E-state index is 6.01. The van der Waals surface area contributed by atoms with E-state index in [1.54, 1.807) is 6.20 Å². The van der Waals surface area contributed by atoms with Crippen LogP contribution < -0.4 is 0 Å². The average molecular weight is 285 g/mol. The molecule has 0 N–H and O–H groups in total. The molecular weight excluding hydrogens is 272 g/mol. The largest absolute Gasteiger partial charge is 0.231 e. The van der Waals surface area contributed by atoms with Gasteiger partial charge in [0, 0.05) is 0 Å². The number of halogens is 1. The highest BCUT2D eigenvalue weighted by atomic mass is 35.5. The van der Waals surface area contributed by atoms with Gasteiger partial charge < -0.3 is 0 Å². The molecule has 0 aliphatic heterocycles. The van der Waals surface area contributed by atoms with Crippen molar-refractivity contribution in [2.75, 3.05) is 0 Å². The molecule has 0 radical (unpaired) electrons. The van der Waals surface area contributed by atoms with Crippen LogP contribution in [0, 0.1) is 13.8 Å². The lowest BCUT2D eigenvalue weighted by molar-refractivity contribution is 0.873. The lowest BCUT2D eigenvalue weighted by atomic mass is 10.1. The predicted molar refractivity (Wildman–Crippen MR) is 79.1 cm³/mol. The SMILES string of the molecule is Cc1c(Cl)nnc(-c2ccnn2-c2ccccc2)c1C. The third-order valence-corrected chi connectivity index (χ3v) is 3.71. The number of para-hydroxylation sites is 1. The molecule has 0 fully saturated rings. The van der Waals surface area contributed by atoms with Crippen LogP contribution in [0.15, 0.2) is 42.6 Å². The zero-order valence-corrected chi connectivity index (χ0v) is 12.0. The van der Waals surface area contributed by atoms with Crippen molar-refractivity contribution in [3.63, 3.8) is 0 Å². The van der Waals surface area contributed by atoms with Crippen LogP contribution in [0.25, 0.3) is 17.1 Å². The summed E-state index contributed by atoms with van der Waals surface area (Å²) in [4.78, 5) is 0. The maximum absolute atomic E-state index is 6.01. The Morgan fingerprint density at radius 1 is 0.950 bits per heavy atom. The summed E-state index contributed by atoms with van der Waals surface area (Å²) in [5.41, 5.74) is 4.65. The molecule has 0 atom stereocenters. The summed E-state index contributed by atoms with van der Waals surface area (Å²) in [5.74, 6) is 0. The standard InChI is InChI=1S/C15H13ClN4/c1-10-11(2)15(16)19-18-14(10)13-8-9-17-20(13)12-6-4-3-5-7-12/h3-9H,1-2H3. The van der Waals surface area contributed by atoms with Crippen molar-refractivity contribution in [1.82, 2.24) is 20.0 Å². The summed E-state index contributed by atoms with van der Waals surface area (Å²) < 4.78 is 1.85. The smallest absolute Gasteiger partial charge is 0.154 e. The van der Waals surface area contributed by atoms with Gasteiger partial charge in [-0.3, -0.25) is 0 Å². The summed E-state index contributed by atoms with van der Waals surface area (Å²) in [6.45, 7) is 3.94. The van der Waals surface area contributed by atoms with Gasteiger partial charge in [0.05, 0.1) is 17.6 Å². The zero-order chi connectivity index (χ0) is 14.1. The van der Waals surface area contributed by atoms with Crippen LogP contribution >= 0.6 is 11.6 Å². The van der Waals surface area contributed by atoms with E-state index in [0.717, 1.165) is 28.2 Å².